The highest BCUT2D eigenvalue weighted by Crippen LogP contribution is 2.43. The van der Waals surface area contributed by atoms with Gasteiger partial charge in [-0.15, -0.1) is 0 Å². The lowest BCUT2D eigenvalue weighted by atomic mass is 9.98. The number of amides is 3. The van der Waals surface area contributed by atoms with Gasteiger partial charge in [0.05, 0.1) is 11.3 Å². The van der Waals surface area contributed by atoms with E-state index >= 15 is 0 Å². The van der Waals surface area contributed by atoms with E-state index in [0.29, 0.717) is 29.8 Å². The van der Waals surface area contributed by atoms with Gasteiger partial charge in [-0.25, -0.2) is 0 Å². The minimum absolute atomic E-state index is 0.00501. The van der Waals surface area contributed by atoms with Gasteiger partial charge in [0.1, 0.15) is 5.66 Å². The second-order valence-corrected chi connectivity index (χ2v) is 8.66. The topological polar surface area (TPSA) is 69.7 Å². The summed E-state index contributed by atoms with van der Waals surface area (Å²) in [6.45, 7) is 2.15. The van der Waals surface area contributed by atoms with Crippen LogP contribution in [-0.2, 0) is 9.59 Å². The molecule has 166 valence electrons. The van der Waals surface area contributed by atoms with Gasteiger partial charge in [-0.2, -0.15) is 0 Å². The quantitative estimate of drug-likeness (QED) is 0.628. The smallest absolute Gasteiger partial charge is 0.257 e. The number of fused-ring (bicyclic) bond motifs is 3. The van der Waals surface area contributed by atoms with Crippen LogP contribution < -0.4 is 10.2 Å². The number of benzene rings is 3. The van der Waals surface area contributed by atoms with Crippen molar-refractivity contribution in [2.24, 2.45) is 0 Å². The van der Waals surface area contributed by atoms with Crippen LogP contribution in [0.5, 0.6) is 0 Å². The molecule has 1 N–H and O–H groups in total. The lowest BCUT2D eigenvalue weighted by Gasteiger charge is -2.48. The van der Waals surface area contributed by atoms with Crippen molar-refractivity contribution in [2.45, 2.75) is 31.8 Å². The molecule has 0 radical (unpaired) electrons. The second-order valence-electron chi connectivity index (χ2n) is 8.66. The molecule has 0 aromatic heterocycles. The third kappa shape index (κ3) is 3.67. The van der Waals surface area contributed by atoms with E-state index < -0.39 is 5.66 Å². The summed E-state index contributed by atoms with van der Waals surface area (Å²) in [6.07, 6.45) is 1.08. The molecule has 2 aliphatic heterocycles. The lowest BCUT2D eigenvalue weighted by Crippen LogP contribution is -2.62. The summed E-state index contributed by atoms with van der Waals surface area (Å²) in [4.78, 5) is 42.0. The third-order valence-electron chi connectivity index (χ3n) is 6.58. The van der Waals surface area contributed by atoms with Gasteiger partial charge in [0.25, 0.3) is 5.91 Å². The highest BCUT2D eigenvalue weighted by atomic mass is 16.2. The average molecular weight is 440 g/mol. The third-order valence-corrected chi connectivity index (χ3v) is 6.58. The number of carbonyl (C=O) groups excluding carboxylic acids is 3. The highest BCUT2D eigenvalue weighted by Gasteiger charge is 2.52. The van der Waals surface area contributed by atoms with Crippen LogP contribution in [0.2, 0.25) is 0 Å². The molecule has 2 heterocycles. The van der Waals surface area contributed by atoms with Crippen molar-refractivity contribution >= 4 is 29.1 Å². The molecule has 3 aromatic rings. The van der Waals surface area contributed by atoms with E-state index in [2.05, 4.69) is 5.32 Å². The Morgan fingerprint density at radius 3 is 2.33 bits per heavy atom. The van der Waals surface area contributed by atoms with Gasteiger partial charge in [-0.05, 0) is 48.7 Å². The molecule has 1 atom stereocenters. The number of nitrogens with one attached hydrogen (secondary N) is 1. The Labute approximate surface area is 192 Å². The number of carbonyl (C=O) groups is 3. The Kier molecular flexibility index (Phi) is 5.21. The molecule has 5 rings (SSSR count). The molecule has 0 bridgehead atoms. The molecule has 6 nitrogen and oxygen atoms in total. The summed E-state index contributed by atoms with van der Waals surface area (Å²) >= 11 is 0. The van der Waals surface area contributed by atoms with Gasteiger partial charge in [-0.1, -0.05) is 54.6 Å². The Morgan fingerprint density at radius 1 is 0.909 bits per heavy atom. The van der Waals surface area contributed by atoms with Crippen molar-refractivity contribution < 1.29 is 14.4 Å². The van der Waals surface area contributed by atoms with E-state index in [1.807, 2.05) is 73.7 Å². The summed E-state index contributed by atoms with van der Waals surface area (Å²) in [6, 6.07) is 24.9. The SMILES string of the molecule is CC12CCC(=O)N1c1ccccc1C(=O)N2CCC(=O)Nc1ccc(-c2ccccc2)cc1. The van der Waals surface area contributed by atoms with Crippen LogP contribution in [0, 0.1) is 0 Å². The second kappa shape index (κ2) is 8.20. The average Bonchev–Trinajstić information content (AvgIpc) is 3.15. The molecule has 1 saturated heterocycles. The van der Waals surface area contributed by atoms with Crippen LogP contribution in [0.4, 0.5) is 11.4 Å². The Balaban J connectivity index is 1.28. The van der Waals surface area contributed by atoms with Gasteiger partial charge in [0.15, 0.2) is 0 Å². The van der Waals surface area contributed by atoms with E-state index in [9.17, 15) is 14.4 Å². The lowest BCUT2D eigenvalue weighted by molar-refractivity contribution is -0.117. The number of hydrogen-bond acceptors (Lipinski definition) is 3. The molecule has 6 heteroatoms. The van der Waals surface area contributed by atoms with Crippen LogP contribution >= 0.6 is 0 Å². The Hall–Kier alpha value is -3.93. The van der Waals surface area contributed by atoms with Gasteiger partial charge < -0.3 is 10.2 Å². The van der Waals surface area contributed by atoms with E-state index in [4.69, 9.17) is 0 Å². The van der Waals surface area contributed by atoms with Gasteiger partial charge in [-0.3, -0.25) is 19.3 Å². The molecule has 1 fully saturated rings. The van der Waals surface area contributed by atoms with Crippen LogP contribution in [0.1, 0.15) is 36.5 Å². The van der Waals surface area contributed by atoms with Crippen molar-refractivity contribution in [1.29, 1.82) is 0 Å². The summed E-state index contributed by atoms with van der Waals surface area (Å²) in [5, 5.41) is 2.92. The summed E-state index contributed by atoms with van der Waals surface area (Å²) in [7, 11) is 0. The first-order valence-corrected chi connectivity index (χ1v) is 11.2. The molecule has 3 amide bonds. The zero-order chi connectivity index (χ0) is 23.0. The maximum absolute atomic E-state index is 13.3. The fourth-order valence-electron chi connectivity index (χ4n) is 4.85. The van der Waals surface area contributed by atoms with Crippen molar-refractivity contribution in [3.8, 4) is 11.1 Å². The maximum Gasteiger partial charge on any atom is 0.257 e. The Bertz CT molecular complexity index is 1220. The largest absolute Gasteiger partial charge is 0.326 e. The van der Waals surface area contributed by atoms with Crippen molar-refractivity contribution in [1.82, 2.24) is 4.90 Å². The first-order chi connectivity index (χ1) is 16.0. The number of hydrogen-bond donors (Lipinski definition) is 1. The fourth-order valence-corrected chi connectivity index (χ4v) is 4.85. The fraction of sp³-hybridized carbons (Fsp3) is 0.222. The molecule has 0 spiro atoms. The van der Waals surface area contributed by atoms with E-state index in [1.165, 1.54) is 0 Å². The number of rotatable bonds is 5. The van der Waals surface area contributed by atoms with Crippen molar-refractivity contribution in [3.05, 3.63) is 84.4 Å². The highest BCUT2D eigenvalue weighted by molar-refractivity contribution is 6.10. The minimum atomic E-state index is -0.750. The summed E-state index contributed by atoms with van der Waals surface area (Å²) in [5.41, 5.74) is 3.31. The molecular formula is C27H25N3O3. The number of nitrogens with zero attached hydrogens (tertiary/aromatic N) is 2. The van der Waals surface area contributed by atoms with E-state index in [1.54, 1.807) is 21.9 Å². The zero-order valence-electron chi connectivity index (χ0n) is 18.5. The minimum Gasteiger partial charge on any atom is -0.326 e. The van der Waals surface area contributed by atoms with Gasteiger partial charge in [0.2, 0.25) is 11.8 Å². The van der Waals surface area contributed by atoms with Gasteiger partial charge in [0, 0.05) is 25.1 Å². The van der Waals surface area contributed by atoms with Crippen molar-refractivity contribution in [2.75, 3.05) is 16.8 Å². The standard InChI is InChI=1S/C27H25N3O3/c1-27-17-15-25(32)30(27)23-10-6-5-9-22(23)26(33)29(27)18-16-24(31)28-21-13-11-20(12-14-21)19-7-3-2-4-8-19/h2-14H,15-18H2,1H3,(H,28,31). The molecule has 2 aliphatic rings. The van der Waals surface area contributed by atoms with Crippen LogP contribution in [0.25, 0.3) is 11.1 Å². The van der Waals surface area contributed by atoms with E-state index in [-0.39, 0.29) is 30.7 Å². The van der Waals surface area contributed by atoms with Crippen LogP contribution in [0.15, 0.2) is 78.9 Å². The first kappa shape index (κ1) is 20.9. The molecular weight excluding hydrogens is 414 g/mol. The first-order valence-electron chi connectivity index (χ1n) is 11.2. The molecule has 3 aromatic carbocycles. The predicted octanol–water partition coefficient (Wildman–Crippen LogP) is 4.68. The monoisotopic (exact) mass is 439 g/mol. The number of anilines is 2. The predicted molar refractivity (Wildman–Crippen MR) is 128 cm³/mol. The molecule has 33 heavy (non-hydrogen) atoms. The maximum atomic E-state index is 13.3. The zero-order valence-corrected chi connectivity index (χ0v) is 18.5. The molecule has 1 unspecified atom stereocenters. The van der Waals surface area contributed by atoms with Crippen LogP contribution in [0.3, 0.4) is 0 Å². The number of para-hydroxylation sites is 1. The summed E-state index contributed by atoms with van der Waals surface area (Å²) in [5.74, 6) is -0.307. The molecule has 0 saturated carbocycles. The van der Waals surface area contributed by atoms with E-state index in [0.717, 1.165) is 11.1 Å². The van der Waals surface area contributed by atoms with Crippen molar-refractivity contribution in [3.63, 3.8) is 0 Å². The molecule has 0 aliphatic carbocycles. The Morgan fingerprint density at radius 2 is 1.58 bits per heavy atom. The normalized spacial score (nSPS) is 19.3. The van der Waals surface area contributed by atoms with Crippen LogP contribution in [-0.4, -0.2) is 34.8 Å². The summed E-state index contributed by atoms with van der Waals surface area (Å²) < 4.78 is 0. The van der Waals surface area contributed by atoms with Gasteiger partial charge >= 0.3 is 0 Å².